The van der Waals surface area contributed by atoms with Crippen LogP contribution in [-0.2, 0) is 4.74 Å². The van der Waals surface area contributed by atoms with E-state index in [0.717, 1.165) is 0 Å². The number of nitrogens with one attached hydrogen (secondary N) is 1. The van der Waals surface area contributed by atoms with Gasteiger partial charge in [-0.15, -0.1) is 6.58 Å². The quantitative estimate of drug-likeness (QED) is 0.721. The topological polar surface area (TPSA) is 21.3 Å². The number of likely N-dealkylation sites (N-methyl/N-ethyl adjacent to an activating group) is 1. The molecule has 0 spiro atoms. The maximum atomic E-state index is 5.74. The van der Waals surface area contributed by atoms with Crippen molar-refractivity contribution in [3.63, 3.8) is 0 Å². The predicted molar refractivity (Wildman–Crippen MR) is 63.9 cm³/mol. The van der Waals surface area contributed by atoms with Gasteiger partial charge in [0.25, 0.3) is 0 Å². The molecule has 0 aliphatic rings. The maximum Gasteiger partial charge on any atom is 0.101 e. The first-order valence-electron chi connectivity index (χ1n) is 5.29. The highest BCUT2D eigenvalue weighted by Crippen LogP contribution is 2.21. The second-order valence-electron chi connectivity index (χ2n) is 3.34. The average molecular weight is 205 g/mol. The molecule has 0 amide bonds. The lowest BCUT2D eigenvalue weighted by atomic mass is 10.0. The fourth-order valence-electron chi connectivity index (χ4n) is 1.62. The smallest absolute Gasteiger partial charge is 0.101 e. The summed E-state index contributed by atoms with van der Waals surface area (Å²) in [5, 5.41) is 3.19. The molecule has 0 saturated carbocycles. The molecule has 2 atom stereocenters. The van der Waals surface area contributed by atoms with Crippen molar-refractivity contribution in [2.75, 3.05) is 13.7 Å². The summed E-state index contributed by atoms with van der Waals surface area (Å²) in [4.78, 5) is 0. The van der Waals surface area contributed by atoms with Crippen molar-refractivity contribution in [2.24, 2.45) is 0 Å². The summed E-state index contributed by atoms with van der Waals surface area (Å²) in [6.07, 6.45) is 1.92. The predicted octanol–water partition coefficient (Wildman–Crippen LogP) is 2.54. The van der Waals surface area contributed by atoms with Crippen molar-refractivity contribution in [1.82, 2.24) is 5.32 Å². The molecule has 1 aromatic rings. The number of hydrogen-bond donors (Lipinski definition) is 1. The molecule has 0 aliphatic heterocycles. The van der Waals surface area contributed by atoms with Crippen molar-refractivity contribution in [2.45, 2.75) is 19.1 Å². The zero-order valence-electron chi connectivity index (χ0n) is 9.44. The van der Waals surface area contributed by atoms with Crippen molar-refractivity contribution in [1.29, 1.82) is 0 Å². The fraction of sp³-hybridized carbons (Fsp3) is 0.385. The highest BCUT2D eigenvalue weighted by molar-refractivity contribution is 5.20. The van der Waals surface area contributed by atoms with Crippen molar-refractivity contribution >= 4 is 0 Å². The maximum absolute atomic E-state index is 5.74. The van der Waals surface area contributed by atoms with Crippen molar-refractivity contribution < 1.29 is 4.74 Å². The van der Waals surface area contributed by atoms with Gasteiger partial charge in [-0.25, -0.2) is 0 Å². The summed E-state index contributed by atoms with van der Waals surface area (Å²) in [6.45, 7) is 6.52. The van der Waals surface area contributed by atoms with Crippen molar-refractivity contribution in [3.05, 3.63) is 48.6 Å². The molecule has 0 aromatic heterocycles. The lowest BCUT2D eigenvalue weighted by molar-refractivity contribution is 0.0468. The number of ether oxygens (including phenoxy) is 1. The molecule has 2 heteroatoms. The van der Waals surface area contributed by atoms with E-state index < -0.39 is 0 Å². The molecule has 2 unspecified atom stereocenters. The molecule has 82 valence electrons. The van der Waals surface area contributed by atoms with E-state index in [4.69, 9.17) is 4.74 Å². The first kappa shape index (κ1) is 12.0. The van der Waals surface area contributed by atoms with Gasteiger partial charge in [0.2, 0.25) is 0 Å². The highest BCUT2D eigenvalue weighted by atomic mass is 16.5. The van der Waals surface area contributed by atoms with Crippen LogP contribution in [0.15, 0.2) is 43.0 Å². The van der Waals surface area contributed by atoms with Crippen LogP contribution in [0.4, 0.5) is 0 Å². The van der Waals surface area contributed by atoms with Crippen LogP contribution in [0.25, 0.3) is 0 Å². The number of hydrogen-bond acceptors (Lipinski definition) is 2. The molecule has 0 fully saturated rings. The Morgan fingerprint density at radius 1 is 1.40 bits per heavy atom. The Morgan fingerprint density at radius 2 is 2.07 bits per heavy atom. The Kier molecular flexibility index (Phi) is 5.08. The molecule has 0 bridgehead atoms. The van der Waals surface area contributed by atoms with E-state index in [2.05, 4.69) is 24.0 Å². The Hall–Kier alpha value is -1.12. The van der Waals surface area contributed by atoms with Gasteiger partial charge in [0.05, 0.1) is 6.04 Å². The second kappa shape index (κ2) is 6.38. The summed E-state index contributed by atoms with van der Waals surface area (Å²) >= 11 is 0. The van der Waals surface area contributed by atoms with Crippen LogP contribution in [0, 0.1) is 0 Å². The Morgan fingerprint density at radius 3 is 2.53 bits per heavy atom. The Balaban J connectivity index is 2.86. The van der Waals surface area contributed by atoms with Gasteiger partial charge in [-0.3, -0.25) is 0 Å². The summed E-state index contributed by atoms with van der Waals surface area (Å²) in [6, 6.07) is 10.4. The summed E-state index contributed by atoms with van der Waals surface area (Å²) in [5.41, 5.74) is 1.18. The Bertz CT molecular complexity index is 284. The Labute approximate surface area is 92.0 Å². The monoisotopic (exact) mass is 205 g/mol. The summed E-state index contributed by atoms with van der Waals surface area (Å²) in [5.74, 6) is 0. The minimum atomic E-state index is 0.0405. The van der Waals surface area contributed by atoms with Crippen LogP contribution in [0.1, 0.15) is 18.6 Å². The van der Waals surface area contributed by atoms with Gasteiger partial charge in [0.15, 0.2) is 0 Å². The number of rotatable bonds is 6. The van der Waals surface area contributed by atoms with E-state index in [1.54, 1.807) is 0 Å². The van der Waals surface area contributed by atoms with Gasteiger partial charge < -0.3 is 10.1 Å². The largest absolute Gasteiger partial charge is 0.372 e. The lowest BCUT2D eigenvalue weighted by Crippen LogP contribution is -2.31. The van der Waals surface area contributed by atoms with E-state index in [9.17, 15) is 0 Å². The molecule has 1 N–H and O–H groups in total. The molecule has 15 heavy (non-hydrogen) atoms. The molecule has 0 heterocycles. The molecular formula is C13H19NO. The zero-order chi connectivity index (χ0) is 11.1. The first-order chi connectivity index (χ1) is 7.33. The van der Waals surface area contributed by atoms with Crippen LogP contribution in [-0.4, -0.2) is 19.7 Å². The molecule has 0 saturated heterocycles. The minimum absolute atomic E-state index is 0.0405. The number of benzene rings is 1. The van der Waals surface area contributed by atoms with Gasteiger partial charge in [0, 0.05) is 6.61 Å². The third-order valence-electron chi connectivity index (χ3n) is 2.39. The molecule has 0 radical (unpaired) electrons. The minimum Gasteiger partial charge on any atom is -0.372 e. The summed E-state index contributed by atoms with van der Waals surface area (Å²) in [7, 11) is 1.92. The van der Waals surface area contributed by atoms with Crippen LogP contribution in [0.5, 0.6) is 0 Å². The first-order valence-corrected chi connectivity index (χ1v) is 5.29. The average Bonchev–Trinajstić information content (AvgIpc) is 2.30. The third kappa shape index (κ3) is 3.18. The van der Waals surface area contributed by atoms with Gasteiger partial charge in [-0.2, -0.15) is 0 Å². The van der Waals surface area contributed by atoms with Gasteiger partial charge in [0.1, 0.15) is 6.10 Å². The SMILES string of the molecule is C=CC(NC)C(OCC)c1ccccc1. The molecule has 1 rings (SSSR count). The summed E-state index contributed by atoms with van der Waals surface area (Å²) < 4.78 is 5.74. The molecule has 2 nitrogen and oxygen atoms in total. The van der Waals surface area contributed by atoms with E-state index in [1.807, 2.05) is 38.2 Å². The van der Waals surface area contributed by atoms with Gasteiger partial charge in [-0.1, -0.05) is 36.4 Å². The standard InChI is InChI=1S/C13H19NO/c1-4-12(14-3)13(15-5-2)11-9-7-6-8-10-11/h4,6-10,12-14H,1,5H2,2-3H3. The van der Waals surface area contributed by atoms with Crippen LogP contribution in [0.3, 0.4) is 0 Å². The van der Waals surface area contributed by atoms with E-state index in [-0.39, 0.29) is 12.1 Å². The third-order valence-corrected chi connectivity index (χ3v) is 2.39. The van der Waals surface area contributed by atoms with E-state index >= 15 is 0 Å². The lowest BCUT2D eigenvalue weighted by Gasteiger charge is -2.24. The molecular weight excluding hydrogens is 186 g/mol. The normalized spacial score (nSPS) is 14.5. The zero-order valence-corrected chi connectivity index (χ0v) is 9.44. The van der Waals surface area contributed by atoms with Crippen LogP contribution in [0.2, 0.25) is 0 Å². The fourth-order valence-corrected chi connectivity index (χ4v) is 1.62. The van der Waals surface area contributed by atoms with Crippen LogP contribution >= 0.6 is 0 Å². The molecule has 1 aromatic carbocycles. The van der Waals surface area contributed by atoms with E-state index in [1.165, 1.54) is 5.56 Å². The van der Waals surface area contributed by atoms with Gasteiger partial charge >= 0.3 is 0 Å². The second-order valence-corrected chi connectivity index (χ2v) is 3.34. The van der Waals surface area contributed by atoms with Crippen LogP contribution < -0.4 is 5.32 Å². The van der Waals surface area contributed by atoms with Crippen molar-refractivity contribution in [3.8, 4) is 0 Å². The highest BCUT2D eigenvalue weighted by Gasteiger charge is 2.18. The van der Waals surface area contributed by atoms with E-state index in [0.29, 0.717) is 6.61 Å². The molecule has 0 aliphatic carbocycles. The van der Waals surface area contributed by atoms with Gasteiger partial charge in [-0.05, 0) is 19.5 Å².